The van der Waals surface area contributed by atoms with Gasteiger partial charge in [-0.15, -0.1) is 22.1 Å². The molecule has 0 unspecified atom stereocenters. The molecule has 0 saturated heterocycles. The summed E-state index contributed by atoms with van der Waals surface area (Å²) in [5, 5.41) is 3.92. The van der Waals surface area contributed by atoms with Crippen molar-refractivity contribution in [2.75, 3.05) is 6.16 Å². The van der Waals surface area contributed by atoms with E-state index in [9.17, 15) is 0 Å². The van der Waals surface area contributed by atoms with Crippen molar-refractivity contribution in [2.24, 2.45) is 0 Å². The van der Waals surface area contributed by atoms with E-state index < -0.39 is 7.26 Å². The summed E-state index contributed by atoms with van der Waals surface area (Å²) in [7, 11) is -2.42. The van der Waals surface area contributed by atoms with Crippen LogP contribution in [0.3, 0.4) is 0 Å². The Morgan fingerprint density at radius 2 is 0.629 bits per heavy atom. The van der Waals surface area contributed by atoms with Gasteiger partial charge in [-0.2, -0.15) is 0 Å². The second kappa shape index (κ2) is 20.1. The van der Waals surface area contributed by atoms with E-state index in [1.807, 2.05) is 0 Å². The Hall–Kier alpha value is -7.65. The molecule has 0 aliphatic carbocycles. The Balaban J connectivity index is 0.00000284. The zero-order chi connectivity index (χ0) is 45.3. The van der Waals surface area contributed by atoms with Crippen molar-refractivity contribution in [2.45, 2.75) is 0 Å². The van der Waals surface area contributed by atoms with Gasteiger partial charge in [-0.3, -0.25) is 0 Å². The van der Waals surface area contributed by atoms with Crippen LogP contribution in [0, 0.1) is 0 Å². The Morgan fingerprint density at radius 3 is 0.986 bits per heavy atom. The van der Waals surface area contributed by atoms with Crippen molar-refractivity contribution in [3.8, 4) is 44.5 Å². The molecule has 70 heavy (non-hydrogen) atoms. The van der Waals surface area contributed by atoms with Crippen LogP contribution in [0.4, 0.5) is 0 Å². The molecule has 5 heterocycles. The van der Waals surface area contributed by atoms with Gasteiger partial charge >= 0.3 is 16.5 Å². The molecule has 0 fully saturated rings. The first kappa shape index (κ1) is 46.1. The molecule has 2 aliphatic heterocycles. The van der Waals surface area contributed by atoms with Gasteiger partial charge in [0, 0.05) is 5.57 Å². The maximum atomic E-state index is 5.89. The fourth-order valence-corrected chi connectivity index (χ4v) is 14.2. The van der Waals surface area contributed by atoms with Crippen molar-refractivity contribution < 1.29 is 28.9 Å². The molecule has 7 aromatic carbocycles. The molecule has 8 bridgehead atoms. The van der Waals surface area contributed by atoms with Crippen LogP contribution in [0.1, 0.15) is 22.8 Å². The largest absolute Gasteiger partial charge is 2.00 e. The number of rotatable bonds is 9. The minimum Gasteiger partial charge on any atom is -1.00 e. The van der Waals surface area contributed by atoms with Crippen LogP contribution in [0.2, 0.25) is 0 Å². The molecule has 0 amide bonds. The smallest absolute Gasteiger partial charge is 1.00 e. The molecule has 4 nitrogen and oxygen atoms in total. The molecule has 0 saturated carbocycles. The summed E-state index contributed by atoms with van der Waals surface area (Å²) in [6.45, 7) is 0. The Labute approximate surface area is 425 Å². The second-order valence-corrected chi connectivity index (χ2v) is 20.6. The summed E-state index contributed by atoms with van der Waals surface area (Å²) in [6, 6.07) is 84.3. The van der Waals surface area contributed by atoms with Gasteiger partial charge in [0.25, 0.3) is 0 Å². The predicted octanol–water partition coefficient (Wildman–Crippen LogP) is 10.9. The van der Waals surface area contributed by atoms with Gasteiger partial charge in [-0.1, -0.05) is 200 Å². The van der Waals surface area contributed by atoms with Crippen molar-refractivity contribution in [1.29, 1.82) is 0 Å². The topological polar surface area (TPSA) is 54.0 Å². The zero-order valence-electron chi connectivity index (χ0n) is 37.9. The van der Waals surface area contributed by atoms with Gasteiger partial charge in [-0.25, -0.2) is 9.97 Å². The summed E-state index contributed by atoms with van der Waals surface area (Å²) < 4.78 is 0. The number of fused-ring (bicyclic) bond motifs is 8. The van der Waals surface area contributed by atoms with Gasteiger partial charge in [0.15, 0.2) is 0 Å². The van der Waals surface area contributed by atoms with Crippen molar-refractivity contribution >= 4 is 69.0 Å². The van der Waals surface area contributed by atoms with Crippen LogP contribution in [0.25, 0.3) is 90.4 Å². The predicted molar refractivity (Wildman–Crippen MR) is 287 cm³/mol. The fraction of sp³-hybridized carbons (Fsp3) is 0.0159. The minimum atomic E-state index is -2.42. The van der Waals surface area contributed by atoms with Crippen LogP contribution in [-0.4, -0.2) is 16.1 Å². The third kappa shape index (κ3) is 8.48. The summed E-state index contributed by atoms with van der Waals surface area (Å²) in [4.78, 5) is 22.5. The number of benzene rings is 7. The number of halogens is 1. The van der Waals surface area contributed by atoms with Gasteiger partial charge in [0.1, 0.15) is 29.3 Å². The van der Waals surface area contributed by atoms with Gasteiger partial charge < -0.3 is 22.4 Å². The molecule has 338 valence electrons. The Morgan fingerprint density at radius 1 is 0.329 bits per heavy atom. The van der Waals surface area contributed by atoms with E-state index in [4.69, 9.17) is 19.9 Å². The third-order valence-electron chi connectivity index (χ3n) is 13.0. The molecular formula is C63H44ClN4NiP. The van der Waals surface area contributed by atoms with Crippen LogP contribution in [0.5, 0.6) is 0 Å². The third-order valence-corrected chi connectivity index (χ3v) is 17.4. The first-order chi connectivity index (χ1) is 33.7. The van der Waals surface area contributed by atoms with E-state index in [1.54, 1.807) is 0 Å². The van der Waals surface area contributed by atoms with Gasteiger partial charge in [0.05, 0.1) is 22.8 Å². The average molecular weight is 982 g/mol. The van der Waals surface area contributed by atoms with Crippen molar-refractivity contribution in [1.82, 2.24) is 19.9 Å². The molecule has 3 aromatic heterocycles. The maximum Gasteiger partial charge on any atom is 2.00 e. The van der Waals surface area contributed by atoms with Crippen LogP contribution in [-0.2, 0) is 16.5 Å². The quantitative estimate of drug-likeness (QED) is 0.107. The number of hydrogen-bond donors (Lipinski definition) is 0. The van der Waals surface area contributed by atoms with E-state index in [-0.39, 0.29) is 28.9 Å². The van der Waals surface area contributed by atoms with Crippen LogP contribution in [0.15, 0.2) is 237 Å². The normalized spacial score (nSPS) is 11.9. The van der Waals surface area contributed by atoms with Crippen LogP contribution >= 0.6 is 7.26 Å². The molecule has 7 heteroatoms. The van der Waals surface area contributed by atoms with E-state index >= 15 is 0 Å². The summed E-state index contributed by atoms with van der Waals surface area (Å²) >= 11 is 0. The van der Waals surface area contributed by atoms with Gasteiger partial charge in [0.2, 0.25) is 0 Å². The van der Waals surface area contributed by atoms with E-state index in [0.29, 0.717) is 6.16 Å². The number of aromatic nitrogens is 4. The maximum absolute atomic E-state index is 5.89. The zero-order valence-corrected chi connectivity index (χ0v) is 40.5. The Kier molecular flexibility index (Phi) is 13.3. The Bertz CT molecular complexity index is 3580. The standard InChI is InChI=1S/C63H44N4P.ClH.Ni/c1-8-22-44(23-9-1)59-52-36-37-53(64-52)60(45-24-10-2-11-25-45)55-40-41-57(66-55)62(47-28-14-4-15-29-47)63-48(42-58(67-63)61(46-26-12-3-13-27-46)56-39-38-54(59)65-56)43-68(49-30-16-5-17-31-49,50-32-18-6-19-33-50)51-34-20-7-21-35-51;;/h1-42H,43H2;1H;/q-1;;+2/p-1. The average Bonchev–Trinajstić information content (AvgIpc) is 4.26. The SMILES string of the molecule is C1=Cc2nc1c(-c1ccccc1)c1ccc([n-]1)c(-c1ccccc1)c1nc(c(-c3ccccc3)c3ccc([n-]3)c2-c2ccccc2)C(C[P+](c2ccccc2)(c2ccccc2)c2ccccc2)=C1.[Cl-].[Ni+2]. The molecule has 0 radical (unpaired) electrons. The summed E-state index contributed by atoms with van der Waals surface area (Å²) in [6.07, 6.45) is 7.32. The fourth-order valence-electron chi connectivity index (χ4n) is 9.98. The summed E-state index contributed by atoms with van der Waals surface area (Å²) in [5.41, 5.74) is 16.0. The molecule has 0 N–H and O–H groups in total. The van der Waals surface area contributed by atoms with E-state index in [1.165, 1.54) is 15.9 Å². The number of allylic oxidation sites excluding steroid dienone is 1. The van der Waals surface area contributed by atoms with Crippen molar-refractivity contribution in [3.05, 3.63) is 259 Å². The van der Waals surface area contributed by atoms with E-state index in [2.05, 4.69) is 255 Å². The minimum absolute atomic E-state index is 0. The summed E-state index contributed by atoms with van der Waals surface area (Å²) in [5.74, 6) is 0. The number of hydrogen-bond acceptors (Lipinski definition) is 2. The molecule has 12 rings (SSSR count). The van der Waals surface area contributed by atoms with Gasteiger partial charge in [-0.05, 0) is 99.1 Å². The molecule has 0 atom stereocenters. The molecular weight excluding hydrogens is 938 g/mol. The van der Waals surface area contributed by atoms with E-state index in [0.717, 1.165) is 94.9 Å². The molecule has 2 aliphatic rings. The molecule has 10 aromatic rings. The number of nitrogens with zero attached hydrogens (tertiary/aromatic N) is 4. The second-order valence-electron chi connectivity index (χ2n) is 17.1. The molecule has 0 spiro atoms. The monoisotopic (exact) mass is 980 g/mol. The van der Waals surface area contributed by atoms with Crippen LogP contribution < -0.4 is 38.3 Å². The first-order valence-corrected chi connectivity index (χ1v) is 25.0. The first-order valence-electron chi connectivity index (χ1n) is 23.1. The van der Waals surface area contributed by atoms with Crippen molar-refractivity contribution in [3.63, 3.8) is 0 Å².